The van der Waals surface area contributed by atoms with Gasteiger partial charge in [-0.1, -0.05) is 0 Å². The van der Waals surface area contributed by atoms with Crippen molar-refractivity contribution in [2.24, 2.45) is 0 Å². The van der Waals surface area contributed by atoms with Crippen molar-refractivity contribution in [2.75, 3.05) is 12.0 Å². The topological polar surface area (TPSA) is 59.3 Å². The standard InChI is InChI=1S/C10H14BrNO3S/c1-7(3-4-16(2)15)12-6-8(11)5-9(12)10(13)14/h5-7H,3-4H2,1-2H3,(H,13,14). The van der Waals surface area contributed by atoms with Gasteiger partial charge in [-0.3, -0.25) is 4.21 Å². The van der Waals surface area contributed by atoms with Crippen LogP contribution in [-0.4, -0.2) is 31.9 Å². The second-order valence-corrected chi connectivity index (χ2v) is 6.14. The van der Waals surface area contributed by atoms with E-state index in [9.17, 15) is 9.00 Å². The molecule has 0 amide bonds. The van der Waals surface area contributed by atoms with Crippen LogP contribution in [0.1, 0.15) is 29.9 Å². The van der Waals surface area contributed by atoms with E-state index in [1.807, 2.05) is 6.92 Å². The summed E-state index contributed by atoms with van der Waals surface area (Å²) >= 11 is 3.26. The van der Waals surface area contributed by atoms with Crippen LogP contribution >= 0.6 is 15.9 Å². The lowest BCUT2D eigenvalue weighted by Gasteiger charge is -2.14. The average Bonchev–Trinajstić information content (AvgIpc) is 2.56. The lowest BCUT2D eigenvalue weighted by Crippen LogP contribution is -2.13. The summed E-state index contributed by atoms with van der Waals surface area (Å²) in [5, 5.41) is 9.00. The highest BCUT2D eigenvalue weighted by Crippen LogP contribution is 2.21. The lowest BCUT2D eigenvalue weighted by atomic mass is 10.2. The van der Waals surface area contributed by atoms with Gasteiger partial charge in [0.05, 0.1) is 0 Å². The number of aromatic carboxylic acids is 1. The summed E-state index contributed by atoms with van der Waals surface area (Å²) in [6.07, 6.45) is 4.09. The summed E-state index contributed by atoms with van der Waals surface area (Å²) in [7, 11) is -0.843. The highest BCUT2D eigenvalue weighted by molar-refractivity contribution is 9.10. The first-order valence-electron chi connectivity index (χ1n) is 4.82. The minimum atomic E-state index is -0.949. The SMILES string of the molecule is CC(CCS(C)=O)n1cc(Br)cc1C(=O)O. The normalized spacial score (nSPS) is 14.7. The highest BCUT2D eigenvalue weighted by atomic mass is 79.9. The van der Waals surface area contributed by atoms with Gasteiger partial charge in [-0.05, 0) is 35.3 Å². The Morgan fingerprint density at radius 2 is 2.31 bits per heavy atom. The number of hydrogen-bond donors (Lipinski definition) is 1. The van der Waals surface area contributed by atoms with E-state index >= 15 is 0 Å². The van der Waals surface area contributed by atoms with E-state index in [1.54, 1.807) is 23.1 Å². The van der Waals surface area contributed by atoms with Crippen molar-refractivity contribution in [2.45, 2.75) is 19.4 Å². The molecule has 0 fully saturated rings. The predicted molar refractivity (Wildman–Crippen MR) is 67.4 cm³/mol. The maximum absolute atomic E-state index is 11.0. The first-order chi connectivity index (χ1) is 7.41. The number of rotatable bonds is 5. The zero-order valence-electron chi connectivity index (χ0n) is 9.14. The number of carboxylic acids is 1. The van der Waals surface area contributed by atoms with Crippen LogP contribution in [-0.2, 0) is 10.8 Å². The minimum Gasteiger partial charge on any atom is -0.477 e. The van der Waals surface area contributed by atoms with E-state index < -0.39 is 16.8 Å². The van der Waals surface area contributed by atoms with Crippen molar-refractivity contribution in [1.82, 2.24) is 4.57 Å². The first-order valence-corrected chi connectivity index (χ1v) is 7.34. The molecule has 0 aliphatic rings. The molecule has 0 saturated heterocycles. The summed E-state index contributed by atoms with van der Waals surface area (Å²) in [6.45, 7) is 1.92. The van der Waals surface area contributed by atoms with E-state index in [0.29, 0.717) is 12.2 Å². The predicted octanol–water partition coefficient (Wildman–Crippen LogP) is 2.28. The van der Waals surface area contributed by atoms with Gasteiger partial charge in [0.2, 0.25) is 0 Å². The van der Waals surface area contributed by atoms with Gasteiger partial charge in [-0.25, -0.2) is 4.79 Å². The molecule has 0 saturated carbocycles. The third-order valence-electron chi connectivity index (χ3n) is 2.33. The molecule has 6 heteroatoms. The third-order valence-corrected chi connectivity index (χ3v) is 3.58. The molecule has 0 aliphatic carbocycles. The zero-order chi connectivity index (χ0) is 12.3. The van der Waals surface area contributed by atoms with Crippen LogP contribution in [0, 0.1) is 0 Å². The fourth-order valence-electron chi connectivity index (χ4n) is 1.46. The minimum absolute atomic E-state index is 0.0290. The molecule has 1 aromatic heterocycles. The number of halogens is 1. The van der Waals surface area contributed by atoms with E-state index in [2.05, 4.69) is 15.9 Å². The van der Waals surface area contributed by atoms with Crippen molar-refractivity contribution in [3.8, 4) is 0 Å². The second kappa shape index (κ2) is 5.63. The van der Waals surface area contributed by atoms with Crippen LogP contribution in [0.4, 0.5) is 0 Å². The van der Waals surface area contributed by atoms with E-state index in [0.717, 1.165) is 4.47 Å². The molecule has 1 N–H and O–H groups in total. The Kier molecular flexibility index (Phi) is 4.73. The van der Waals surface area contributed by atoms with Crippen LogP contribution in [0.15, 0.2) is 16.7 Å². The lowest BCUT2D eigenvalue weighted by molar-refractivity contribution is 0.0683. The third kappa shape index (κ3) is 3.45. The molecule has 4 nitrogen and oxygen atoms in total. The summed E-state index contributed by atoms with van der Waals surface area (Å²) in [5.74, 6) is -0.370. The van der Waals surface area contributed by atoms with Crippen molar-refractivity contribution in [1.29, 1.82) is 0 Å². The van der Waals surface area contributed by atoms with E-state index in [4.69, 9.17) is 5.11 Å². The van der Waals surface area contributed by atoms with Crippen molar-refractivity contribution in [3.63, 3.8) is 0 Å². The molecule has 1 aromatic rings. The number of nitrogens with zero attached hydrogens (tertiary/aromatic N) is 1. The Labute approximate surface area is 105 Å². The molecule has 16 heavy (non-hydrogen) atoms. The Morgan fingerprint density at radius 3 is 2.81 bits per heavy atom. The number of carboxylic acid groups (broad SMARTS) is 1. The van der Waals surface area contributed by atoms with E-state index in [-0.39, 0.29) is 11.7 Å². The molecular formula is C10H14BrNO3S. The van der Waals surface area contributed by atoms with Gasteiger partial charge >= 0.3 is 5.97 Å². The zero-order valence-corrected chi connectivity index (χ0v) is 11.5. The summed E-state index contributed by atoms with van der Waals surface area (Å²) in [6, 6.07) is 1.60. The van der Waals surface area contributed by atoms with Crippen LogP contribution in [0.2, 0.25) is 0 Å². The van der Waals surface area contributed by atoms with Crippen molar-refractivity contribution >= 4 is 32.7 Å². The van der Waals surface area contributed by atoms with Crippen LogP contribution < -0.4 is 0 Å². The molecule has 0 aromatic carbocycles. The van der Waals surface area contributed by atoms with Crippen molar-refractivity contribution < 1.29 is 14.1 Å². The van der Waals surface area contributed by atoms with Gasteiger partial charge in [-0.2, -0.15) is 0 Å². The van der Waals surface area contributed by atoms with Gasteiger partial charge < -0.3 is 9.67 Å². The summed E-state index contributed by atoms with van der Waals surface area (Å²) < 4.78 is 13.4. The number of aromatic nitrogens is 1. The number of hydrogen-bond acceptors (Lipinski definition) is 2. The smallest absolute Gasteiger partial charge is 0.352 e. The second-order valence-electron chi connectivity index (χ2n) is 3.67. The molecule has 2 atom stereocenters. The monoisotopic (exact) mass is 307 g/mol. The Balaban J connectivity index is 2.85. The molecule has 1 rings (SSSR count). The maximum atomic E-state index is 11.0. The van der Waals surface area contributed by atoms with Gasteiger partial charge in [0.1, 0.15) is 5.69 Å². The largest absolute Gasteiger partial charge is 0.477 e. The molecule has 1 heterocycles. The van der Waals surface area contributed by atoms with Crippen LogP contribution in [0.5, 0.6) is 0 Å². The average molecular weight is 308 g/mol. The molecule has 0 radical (unpaired) electrons. The van der Waals surface area contributed by atoms with E-state index in [1.165, 1.54) is 0 Å². The van der Waals surface area contributed by atoms with Crippen molar-refractivity contribution in [3.05, 3.63) is 22.4 Å². The maximum Gasteiger partial charge on any atom is 0.352 e. The van der Waals surface area contributed by atoms with Gasteiger partial charge in [0.25, 0.3) is 0 Å². The quantitative estimate of drug-likeness (QED) is 0.908. The molecule has 90 valence electrons. The molecule has 0 bridgehead atoms. The molecule has 2 unspecified atom stereocenters. The Morgan fingerprint density at radius 1 is 1.69 bits per heavy atom. The fourth-order valence-corrected chi connectivity index (χ4v) is 2.57. The van der Waals surface area contributed by atoms with Gasteiger partial charge in [0, 0.05) is 39.5 Å². The fraction of sp³-hybridized carbons (Fsp3) is 0.500. The van der Waals surface area contributed by atoms with Crippen LogP contribution in [0.3, 0.4) is 0 Å². The van der Waals surface area contributed by atoms with Gasteiger partial charge in [0.15, 0.2) is 0 Å². The Bertz CT molecular complexity index is 416. The molecule has 0 spiro atoms. The molecular weight excluding hydrogens is 294 g/mol. The summed E-state index contributed by atoms with van der Waals surface area (Å²) in [5.41, 5.74) is 0.251. The van der Waals surface area contributed by atoms with Crippen LogP contribution in [0.25, 0.3) is 0 Å². The molecule has 0 aliphatic heterocycles. The first kappa shape index (κ1) is 13.4. The highest BCUT2D eigenvalue weighted by Gasteiger charge is 2.16. The number of carbonyl (C=O) groups is 1. The summed E-state index contributed by atoms with van der Waals surface area (Å²) in [4.78, 5) is 11.0. The Hall–Kier alpha value is -0.620. The van der Waals surface area contributed by atoms with Gasteiger partial charge in [-0.15, -0.1) is 0 Å².